The Morgan fingerprint density at radius 2 is 2.40 bits per heavy atom. The third kappa shape index (κ3) is 2.67. The minimum absolute atomic E-state index is 0.858. The lowest BCUT2D eigenvalue weighted by Crippen LogP contribution is -2.28. The first-order valence-electron chi connectivity index (χ1n) is 4.00. The van der Waals surface area contributed by atoms with Crippen molar-refractivity contribution in [1.29, 1.82) is 0 Å². The predicted octanol–water partition coefficient (Wildman–Crippen LogP) is 1.28. The van der Waals surface area contributed by atoms with Crippen LogP contribution in [-0.2, 0) is 4.74 Å². The molecule has 0 atom stereocenters. The van der Waals surface area contributed by atoms with E-state index in [1.807, 2.05) is 0 Å². The summed E-state index contributed by atoms with van der Waals surface area (Å²) in [5, 5.41) is 0. The Bertz CT molecular complexity index is 79.3. The van der Waals surface area contributed by atoms with Crippen molar-refractivity contribution in [3.63, 3.8) is 0 Å². The molecule has 1 radical (unpaired) electrons. The molecule has 59 valence electrons. The fourth-order valence-electron chi connectivity index (χ4n) is 1.24. The first-order chi connectivity index (χ1) is 4.93. The van der Waals surface area contributed by atoms with Gasteiger partial charge in [-0.3, -0.25) is 4.90 Å². The van der Waals surface area contributed by atoms with Gasteiger partial charge in [-0.15, -0.1) is 0 Å². The molecule has 0 aromatic heterocycles. The van der Waals surface area contributed by atoms with Gasteiger partial charge < -0.3 is 4.74 Å². The SMILES string of the molecule is COCCN1[CH]CCCC1. The van der Waals surface area contributed by atoms with E-state index in [0.717, 1.165) is 13.2 Å². The van der Waals surface area contributed by atoms with Crippen LogP contribution in [0.4, 0.5) is 0 Å². The van der Waals surface area contributed by atoms with Crippen molar-refractivity contribution >= 4 is 0 Å². The van der Waals surface area contributed by atoms with Crippen LogP contribution in [0.3, 0.4) is 0 Å². The van der Waals surface area contributed by atoms with Crippen LogP contribution in [0, 0.1) is 6.54 Å². The van der Waals surface area contributed by atoms with E-state index in [0.29, 0.717) is 0 Å². The molecule has 0 N–H and O–H groups in total. The average Bonchev–Trinajstić information content (AvgIpc) is 2.03. The Balaban J connectivity index is 2.02. The van der Waals surface area contributed by atoms with E-state index in [9.17, 15) is 0 Å². The van der Waals surface area contributed by atoms with Crippen LogP contribution in [0.5, 0.6) is 0 Å². The van der Waals surface area contributed by atoms with E-state index in [4.69, 9.17) is 4.74 Å². The smallest absolute Gasteiger partial charge is 0.0589 e. The van der Waals surface area contributed by atoms with Crippen LogP contribution < -0.4 is 0 Å². The van der Waals surface area contributed by atoms with Crippen LogP contribution in [0.1, 0.15) is 19.3 Å². The van der Waals surface area contributed by atoms with Crippen LogP contribution >= 0.6 is 0 Å². The summed E-state index contributed by atoms with van der Waals surface area (Å²) >= 11 is 0. The van der Waals surface area contributed by atoms with E-state index in [-0.39, 0.29) is 0 Å². The van der Waals surface area contributed by atoms with Gasteiger partial charge in [0, 0.05) is 20.2 Å². The molecule has 0 aliphatic carbocycles. The van der Waals surface area contributed by atoms with Crippen LogP contribution in [0.25, 0.3) is 0 Å². The lowest BCUT2D eigenvalue weighted by molar-refractivity contribution is 0.153. The Kier molecular flexibility index (Phi) is 3.76. The highest BCUT2D eigenvalue weighted by Gasteiger charge is 2.08. The van der Waals surface area contributed by atoms with E-state index in [2.05, 4.69) is 11.4 Å². The maximum Gasteiger partial charge on any atom is 0.0589 e. The van der Waals surface area contributed by atoms with E-state index in [1.54, 1.807) is 7.11 Å². The minimum Gasteiger partial charge on any atom is -0.383 e. The molecule has 1 saturated heterocycles. The third-order valence-electron chi connectivity index (χ3n) is 1.87. The normalized spacial score (nSPS) is 21.3. The molecule has 1 fully saturated rings. The average molecular weight is 142 g/mol. The van der Waals surface area contributed by atoms with Crippen molar-refractivity contribution in [3.05, 3.63) is 6.54 Å². The van der Waals surface area contributed by atoms with Gasteiger partial charge in [0.05, 0.1) is 6.61 Å². The van der Waals surface area contributed by atoms with E-state index < -0.39 is 0 Å². The first kappa shape index (κ1) is 8.02. The highest BCUT2D eigenvalue weighted by molar-refractivity contribution is 4.73. The topological polar surface area (TPSA) is 12.5 Å². The molecular weight excluding hydrogens is 126 g/mol. The summed E-state index contributed by atoms with van der Waals surface area (Å²) in [4.78, 5) is 2.35. The van der Waals surface area contributed by atoms with Gasteiger partial charge in [0.1, 0.15) is 0 Å². The Labute approximate surface area is 63.2 Å². The number of nitrogens with zero attached hydrogens (tertiary/aromatic N) is 1. The molecule has 0 spiro atoms. The highest BCUT2D eigenvalue weighted by Crippen LogP contribution is 2.11. The van der Waals surface area contributed by atoms with Gasteiger partial charge in [0.25, 0.3) is 0 Å². The summed E-state index contributed by atoms with van der Waals surface area (Å²) in [5.74, 6) is 0. The molecule has 2 heteroatoms. The van der Waals surface area contributed by atoms with Crippen molar-refractivity contribution in [1.82, 2.24) is 4.90 Å². The number of hydrogen-bond donors (Lipinski definition) is 0. The fraction of sp³-hybridized carbons (Fsp3) is 0.875. The minimum atomic E-state index is 0.858. The molecular formula is C8H16NO. The van der Waals surface area contributed by atoms with Crippen molar-refractivity contribution in [2.75, 3.05) is 26.8 Å². The summed E-state index contributed by atoms with van der Waals surface area (Å²) < 4.78 is 4.98. The lowest BCUT2D eigenvalue weighted by Gasteiger charge is -2.25. The fourth-order valence-corrected chi connectivity index (χ4v) is 1.24. The van der Waals surface area contributed by atoms with Crippen LogP contribution in [0.15, 0.2) is 0 Å². The second-order valence-corrected chi connectivity index (χ2v) is 2.71. The quantitative estimate of drug-likeness (QED) is 0.588. The van der Waals surface area contributed by atoms with Gasteiger partial charge in [-0.2, -0.15) is 0 Å². The number of likely N-dealkylation sites (tertiary alicyclic amines) is 1. The molecule has 1 heterocycles. The maximum atomic E-state index is 4.98. The monoisotopic (exact) mass is 142 g/mol. The number of rotatable bonds is 3. The zero-order valence-electron chi connectivity index (χ0n) is 6.68. The molecule has 1 aliphatic heterocycles. The second-order valence-electron chi connectivity index (χ2n) is 2.71. The molecule has 0 aromatic carbocycles. The van der Waals surface area contributed by atoms with E-state index in [1.165, 1.54) is 25.8 Å². The maximum absolute atomic E-state index is 4.98. The molecule has 0 saturated carbocycles. The molecule has 0 bridgehead atoms. The first-order valence-corrected chi connectivity index (χ1v) is 4.00. The summed E-state index contributed by atoms with van der Waals surface area (Å²) in [6.45, 7) is 5.44. The van der Waals surface area contributed by atoms with E-state index >= 15 is 0 Å². The van der Waals surface area contributed by atoms with Crippen LogP contribution in [0.2, 0.25) is 0 Å². The standard InChI is InChI=1S/C8H16NO/c1-10-8-7-9-5-3-2-4-6-9/h5H,2-4,6-8H2,1H3. The summed E-state index contributed by atoms with van der Waals surface area (Å²) in [7, 11) is 1.75. The molecule has 10 heavy (non-hydrogen) atoms. The summed E-state index contributed by atoms with van der Waals surface area (Å²) in [5.41, 5.74) is 0. The Hall–Kier alpha value is -0.0800. The zero-order valence-corrected chi connectivity index (χ0v) is 6.68. The molecule has 1 rings (SSSR count). The molecule has 0 aromatic rings. The van der Waals surface area contributed by atoms with Gasteiger partial charge in [0.15, 0.2) is 0 Å². The molecule has 0 unspecified atom stereocenters. The van der Waals surface area contributed by atoms with Crippen molar-refractivity contribution in [2.24, 2.45) is 0 Å². The van der Waals surface area contributed by atoms with Crippen molar-refractivity contribution in [2.45, 2.75) is 19.3 Å². The Morgan fingerprint density at radius 3 is 3.00 bits per heavy atom. The van der Waals surface area contributed by atoms with Gasteiger partial charge in [-0.05, 0) is 19.4 Å². The zero-order chi connectivity index (χ0) is 7.23. The number of piperidine rings is 1. The van der Waals surface area contributed by atoms with Crippen LogP contribution in [-0.4, -0.2) is 31.7 Å². The lowest BCUT2D eigenvalue weighted by atomic mass is 10.1. The largest absolute Gasteiger partial charge is 0.383 e. The number of ether oxygens (including phenoxy) is 1. The second kappa shape index (κ2) is 4.69. The summed E-state index contributed by atoms with van der Waals surface area (Å²) in [6.07, 6.45) is 3.97. The molecule has 1 aliphatic rings. The summed E-state index contributed by atoms with van der Waals surface area (Å²) in [6, 6.07) is 0. The van der Waals surface area contributed by atoms with Crippen molar-refractivity contribution < 1.29 is 4.74 Å². The van der Waals surface area contributed by atoms with Crippen molar-refractivity contribution in [3.8, 4) is 0 Å². The molecule has 2 nitrogen and oxygen atoms in total. The van der Waals surface area contributed by atoms with Gasteiger partial charge >= 0.3 is 0 Å². The Morgan fingerprint density at radius 1 is 1.50 bits per heavy atom. The molecule has 0 amide bonds. The highest BCUT2D eigenvalue weighted by atomic mass is 16.5. The van der Waals surface area contributed by atoms with Gasteiger partial charge in [-0.25, -0.2) is 0 Å². The number of methoxy groups -OCH3 is 1. The van der Waals surface area contributed by atoms with Gasteiger partial charge in [0.2, 0.25) is 0 Å². The number of hydrogen-bond acceptors (Lipinski definition) is 2. The predicted molar refractivity (Wildman–Crippen MR) is 41.6 cm³/mol. The van der Waals surface area contributed by atoms with Gasteiger partial charge in [-0.1, -0.05) is 6.42 Å². The third-order valence-corrected chi connectivity index (χ3v) is 1.87.